The van der Waals surface area contributed by atoms with Gasteiger partial charge < -0.3 is 10.1 Å². The first-order chi connectivity index (χ1) is 6.81. The minimum absolute atomic E-state index is 0.226. The van der Waals surface area contributed by atoms with Crippen molar-refractivity contribution in [2.75, 3.05) is 13.2 Å². The van der Waals surface area contributed by atoms with Crippen molar-refractivity contribution in [3.63, 3.8) is 0 Å². The summed E-state index contributed by atoms with van der Waals surface area (Å²) in [5.74, 6) is 0.729. The van der Waals surface area contributed by atoms with Crippen molar-refractivity contribution in [2.45, 2.75) is 66.0 Å². The molecular weight excluding hydrogens is 186 g/mol. The van der Waals surface area contributed by atoms with Gasteiger partial charge in [-0.25, -0.2) is 0 Å². The lowest BCUT2D eigenvalue weighted by atomic mass is 10.1. The van der Waals surface area contributed by atoms with Crippen molar-refractivity contribution in [1.29, 1.82) is 0 Å². The molecule has 2 nitrogen and oxygen atoms in total. The van der Waals surface area contributed by atoms with E-state index in [0.29, 0.717) is 6.10 Å². The third-order valence-corrected chi connectivity index (χ3v) is 2.18. The maximum Gasteiger partial charge on any atom is 0.0549 e. The first-order valence-electron chi connectivity index (χ1n) is 6.18. The van der Waals surface area contributed by atoms with E-state index in [2.05, 4.69) is 46.9 Å². The molecule has 0 aliphatic heterocycles. The highest BCUT2D eigenvalue weighted by molar-refractivity contribution is 4.69. The molecular formula is C13H29NO. The van der Waals surface area contributed by atoms with Crippen LogP contribution in [0.2, 0.25) is 0 Å². The van der Waals surface area contributed by atoms with Crippen LogP contribution in [0.4, 0.5) is 0 Å². The van der Waals surface area contributed by atoms with Gasteiger partial charge >= 0.3 is 0 Å². The molecule has 15 heavy (non-hydrogen) atoms. The Morgan fingerprint density at radius 3 is 2.20 bits per heavy atom. The second-order valence-electron chi connectivity index (χ2n) is 5.84. The summed E-state index contributed by atoms with van der Waals surface area (Å²) >= 11 is 0. The van der Waals surface area contributed by atoms with Crippen LogP contribution in [0.1, 0.15) is 54.4 Å². The van der Waals surface area contributed by atoms with E-state index in [-0.39, 0.29) is 5.54 Å². The van der Waals surface area contributed by atoms with E-state index in [9.17, 15) is 0 Å². The molecule has 0 fully saturated rings. The molecule has 1 N–H and O–H groups in total. The van der Waals surface area contributed by atoms with Gasteiger partial charge in [0.1, 0.15) is 0 Å². The average Bonchev–Trinajstić information content (AvgIpc) is 1.99. The van der Waals surface area contributed by atoms with Gasteiger partial charge in [-0.05, 0) is 53.0 Å². The van der Waals surface area contributed by atoms with Crippen LogP contribution in [0.15, 0.2) is 0 Å². The topological polar surface area (TPSA) is 21.3 Å². The van der Waals surface area contributed by atoms with Gasteiger partial charge in [0, 0.05) is 12.1 Å². The molecule has 1 atom stereocenters. The van der Waals surface area contributed by atoms with Crippen LogP contribution < -0.4 is 5.32 Å². The van der Waals surface area contributed by atoms with Gasteiger partial charge in [-0.3, -0.25) is 0 Å². The Kier molecular flexibility index (Phi) is 7.20. The van der Waals surface area contributed by atoms with Gasteiger partial charge in [-0.2, -0.15) is 0 Å². The predicted octanol–water partition coefficient (Wildman–Crippen LogP) is 3.22. The Morgan fingerprint density at radius 2 is 1.73 bits per heavy atom. The Bertz CT molecular complexity index is 149. The Hall–Kier alpha value is -0.0800. The van der Waals surface area contributed by atoms with Crippen LogP contribution in [-0.4, -0.2) is 24.8 Å². The standard InChI is InChI=1S/C13H29NO/c1-11(2)10-12(3)15-9-7-8-14-13(4,5)6/h11-12,14H,7-10H2,1-6H3. The summed E-state index contributed by atoms with van der Waals surface area (Å²) in [5, 5.41) is 3.46. The summed E-state index contributed by atoms with van der Waals surface area (Å²) < 4.78 is 5.73. The number of hydrogen-bond donors (Lipinski definition) is 1. The molecule has 0 aliphatic rings. The number of hydrogen-bond acceptors (Lipinski definition) is 2. The van der Waals surface area contributed by atoms with Gasteiger partial charge in [0.15, 0.2) is 0 Å². The summed E-state index contributed by atoms with van der Waals surface area (Å²) in [6.07, 6.45) is 2.66. The van der Waals surface area contributed by atoms with Crippen molar-refractivity contribution < 1.29 is 4.74 Å². The quantitative estimate of drug-likeness (QED) is 0.658. The van der Waals surface area contributed by atoms with Crippen LogP contribution in [0, 0.1) is 5.92 Å². The highest BCUT2D eigenvalue weighted by Gasteiger charge is 2.08. The highest BCUT2D eigenvalue weighted by Crippen LogP contribution is 2.07. The smallest absolute Gasteiger partial charge is 0.0549 e. The van der Waals surface area contributed by atoms with Crippen molar-refractivity contribution in [2.24, 2.45) is 5.92 Å². The van der Waals surface area contributed by atoms with Gasteiger partial charge in [-0.1, -0.05) is 13.8 Å². The molecule has 0 aromatic heterocycles. The summed E-state index contributed by atoms with van der Waals surface area (Å²) in [4.78, 5) is 0. The Morgan fingerprint density at radius 1 is 1.13 bits per heavy atom. The SMILES string of the molecule is CC(C)CC(C)OCCCNC(C)(C)C. The normalized spacial score (nSPS) is 14.6. The van der Waals surface area contributed by atoms with Crippen LogP contribution in [-0.2, 0) is 4.74 Å². The van der Waals surface area contributed by atoms with Crippen molar-refractivity contribution in [3.05, 3.63) is 0 Å². The first-order valence-corrected chi connectivity index (χ1v) is 6.18. The molecule has 0 spiro atoms. The van der Waals surface area contributed by atoms with Crippen molar-refractivity contribution in [1.82, 2.24) is 5.32 Å². The van der Waals surface area contributed by atoms with Crippen LogP contribution in [0.25, 0.3) is 0 Å². The number of rotatable bonds is 7. The number of ether oxygens (including phenoxy) is 1. The van der Waals surface area contributed by atoms with E-state index >= 15 is 0 Å². The monoisotopic (exact) mass is 215 g/mol. The number of nitrogens with one attached hydrogen (secondary N) is 1. The van der Waals surface area contributed by atoms with Crippen molar-refractivity contribution >= 4 is 0 Å². The summed E-state index contributed by atoms with van der Waals surface area (Å²) in [5.41, 5.74) is 0.226. The molecule has 1 unspecified atom stereocenters. The van der Waals surface area contributed by atoms with Gasteiger partial charge in [-0.15, -0.1) is 0 Å². The van der Waals surface area contributed by atoms with E-state index < -0.39 is 0 Å². The van der Waals surface area contributed by atoms with E-state index in [1.165, 1.54) is 0 Å². The maximum absolute atomic E-state index is 5.73. The molecule has 0 saturated heterocycles. The Balaban J connectivity index is 3.31. The molecule has 92 valence electrons. The van der Waals surface area contributed by atoms with Crippen LogP contribution >= 0.6 is 0 Å². The van der Waals surface area contributed by atoms with Crippen molar-refractivity contribution in [3.8, 4) is 0 Å². The summed E-state index contributed by atoms with van der Waals surface area (Å²) in [6.45, 7) is 15.1. The molecule has 0 aromatic rings. The third kappa shape index (κ3) is 11.8. The zero-order chi connectivity index (χ0) is 11.9. The lowest BCUT2D eigenvalue weighted by molar-refractivity contribution is 0.0500. The minimum atomic E-state index is 0.226. The lowest BCUT2D eigenvalue weighted by Crippen LogP contribution is -2.36. The predicted molar refractivity (Wildman–Crippen MR) is 67.2 cm³/mol. The van der Waals surface area contributed by atoms with Gasteiger partial charge in [0.05, 0.1) is 6.10 Å². The van der Waals surface area contributed by atoms with E-state index in [4.69, 9.17) is 4.74 Å². The molecule has 0 aromatic carbocycles. The molecule has 0 aliphatic carbocycles. The van der Waals surface area contributed by atoms with Gasteiger partial charge in [0.25, 0.3) is 0 Å². The minimum Gasteiger partial charge on any atom is -0.378 e. The van der Waals surface area contributed by atoms with E-state index in [1.807, 2.05) is 0 Å². The highest BCUT2D eigenvalue weighted by atomic mass is 16.5. The van der Waals surface area contributed by atoms with E-state index in [0.717, 1.165) is 31.9 Å². The molecule has 0 amide bonds. The fourth-order valence-corrected chi connectivity index (χ4v) is 1.55. The fourth-order valence-electron chi connectivity index (χ4n) is 1.55. The molecule has 0 radical (unpaired) electrons. The fraction of sp³-hybridized carbons (Fsp3) is 1.00. The van der Waals surface area contributed by atoms with Crippen LogP contribution in [0.5, 0.6) is 0 Å². The zero-order valence-electron chi connectivity index (χ0n) is 11.4. The molecule has 0 heterocycles. The Labute approximate surface area is 95.8 Å². The third-order valence-electron chi connectivity index (χ3n) is 2.18. The molecule has 0 rings (SSSR count). The lowest BCUT2D eigenvalue weighted by Gasteiger charge is -2.21. The molecule has 2 heteroatoms. The average molecular weight is 215 g/mol. The van der Waals surface area contributed by atoms with E-state index in [1.54, 1.807) is 0 Å². The summed E-state index contributed by atoms with van der Waals surface area (Å²) in [7, 11) is 0. The second kappa shape index (κ2) is 7.24. The second-order valence-corrected chi connectivity index (χ2v) is 5.84. The maximum atomic E-state index is 5.73. The largest absolute Gasteiger partial charge is 0.378 e. The zero-order valence-corrected chi connectivity index (χ0v) is 11.4. The van der Waals surface area contributed by atoms with Gasteiger partial charge in [0.2, 0.25) is 0 Å². The first kappa shape index (κ1) is 14.9. The summed E-state index contributed by atoms with van der Waals surface area (Å²) in [6, 6.07) is 0. The molecule has 0 bridgehead atoms. The van der Waals surface area contributed by atoms with Crippen LogP contribution in [0.3, 0.4) is 0 Å². The molecule has 0 saturated carbocycles.